The Kier molecular flexibility index (Phi) is 5.60. The number of nitrogens with one attached hydrogen (secondary N) is 1. The van der Waals surface area contributed by atoms with Crippen LogP contribution >= 0.6 is 0 Å². The molecule has 1 aliphatic heterocycles. The standard InChI is InChI=1S/C17H23N3O4S/c1-2-23-16-8-3-4-9-17(16)25(21,22)19-14-11-18-20(12-14)13-15-7-5-6-10-24-15/h3-4,8-9,11-12,15,19H,2,5-7,10,13H2,1H3. The molecule has 0 spiro atoms. The first-order chi connectivity index (χ1) is 12.1. The Bertz CT molecular complexity index is 798. The van der Waals surface area contributed by atoms with E-state index in [0.29, 0.717) is 24.6 Å². The average molecular weight is 365 g/mol. The molecular formula is C17H23N3O4S. The van der Waals surface area contributed by atoms with E-state index in [1.54, 1.807) is 29.1 Å². The van der Waals surface area contributed by atoms with Crippen molar-refractivity contribution in [2.45, 2.75) is 43.7 Å². The molecule has 7 nitrogen and oxygen atoms in total. The second-order valence-electron chi connectivity index (χ2n) is 5.92. The van der Waals surface area contributed by atoms with Crippen LogP contribution in [0.15, 0.2) is 41.6 Å². The van der Waals surface area contributed by atoms with Crippen LogP contribution in [0, 0.1) is 0 Å². The summed E-state index contributed by atoms with van der Waals surface area (Å²) in [6.45, 7) is 3.61. The van der Waals surface area contributed by atoms with Crippen LogP contribution in [0.2, 0.25) is 0 Å². The summed E-state index contributed by atoms with van der Waals surface area (Å²) in [7, 11) is -3.75. The summed E-state index contributed by atoms with van der Waals surface area (Å²) in [6.07, 6.45) is 6.57. The van der Waals surface area contributed by atoms with E-state index in [9.17, 15) is 8.42 Å². The molecule has 1 fully saturated rings. The number of anilines is 1. The molecule has 0 aliphatic carbocycles. The lowest BCUT2D eigenvalue weighted by Crippen LogP contribution is -2.24. The molecule has 3 rings (SSSR count). The van der Waals surface area contributed by atoms with Crippen molar-refractivity contribution in [1.29, 1.82) is 0 Å². The van der Waals surface area contributed by atoms with Gasteiger partial charge in [0.2, 0.25) is 0 Å². The summed E-state index contributed by atoms with van der Waals surface area (Å²) in [5.41, 5.74) is 0.419. The van der Waals surface area contributed by atoms with E-state index in [4.69, 9.17) is 9.47 Å². The highest BCUT2D eigenvalue weighted by Crippen LogP contribution is 2.25. The Morgan fingerprint density at radius 1 is 1.36 bits per heavy atom. The van der Waals surface area contributed by atoms with Gasteiger partial charge in [0.15, 0.2) is 0 Å². The fourth-order valence-corrected chi connectivity index (χ4v) is 4.01. The van der Waals surface area contributed by atoms with E-state index in [0.717, 1.165) is 25.9 Å². The fraction of sp³-hybridized carbons (Fsp3) is 0.471. The number of sulfonamides is 1. The van der Waals surface area contributed by atoms with Crippen molar-refractivity contribution < 1.29 is 17.9 Å². The number of nitrogens with zero attached hydrogens (tertiary/aromatic N) is 2. The van der Waals surface area contributed by atoms with E-state index in [2.05, 4.69) is 9.82 Å². The number of hydrogen-bond acceptors (Lipinski definition) is 5. The first kappa shape index (κ1) is 17.8. The maximum absolute atomic E-state index is 12.6. The molecule has 25 heavy (non-hydrogen) atoms. The third-order valence-corrected chi connectivity index (χ3v) is 5.41. The van der Waals surface area contributed by atoms with Gasteiger partial charge < -0.3 is 9.47 Å². The largest absolute Gasteiger partial charge is 0.492 e. The van der Waals surface area contributed by atoms with E-state index in [-0.39, 0.29) is 11.0 Å². The van der Waals surface area contributed by atoms with Crippen LogP contribution in [0.1, 0.15) is 26.2 Å². The summed E-state index contributed by atoms with van der Waals surface area (Å²) in [6, 6.07) is 6.57. The Labute approximate surface area is 148 Å². The Balaban J connectivity index is 1.71. The Morgan fingerprint density at radius 2 is 2.20 bits per heavy atom. The highest BCUT2D eigenvalue weighted by Gasteiger charge is 2.20. The van der Waals surface area contributed by atoms with E-state index >= 15 is 0 Å². The molecule has 1 aromatic carbocycles. The second-order valence-corrected chi connectivity index (χ2v) is 7.58. The molecule has 1 atom stereocenters. The molecule has 1 unspecified atom stereocenters. The van der Waals surface area contributed by atoms with Gasteiger partial charge in [-0.25, -0.2) is 8.42 Å². The van der Waals surface area contributed by atoms with Gasteiger partial charge in [-0.05, 0) is 38.3 Å². The van der Waals surface area contributed by atoms with Crippen molar-refractivity contribution in [2.24, 2.45) is 0 Å². The summed E-state index contributed by atoms with van der Waals surface area (Å²) >= 11 is 0. The zero-order valence-corrected chi connectivity index (χ0v) is 15.0. The molecule has 0 bridgehead atoms. The lowest BCUT2D eigenvalue weighted by Gasteiger charge is -2.22. The van der Waals surface area contributed by atoms with Crippen LogP contribution in [0.25, 0.3) is 0 Å². The van der Waals surface area contributed by atoms with Gasteiger partial charge in [0.05, 0.1) is 31.1 Å². The predicted octanol–water partition coefficient (Wildman–Crippen LogP) is 2.65. The first-order valence-corrected chi connectivity index (χ1v) is 9.95. The van der Waals surface area contributed by atoms with E-state index in [1.165, 1.54) is 12.3 Å². The predicted molar refractivity (Wildman–Crippen MR) is 94.2 cm³/mol. The topological polar surface area (TPSA) is 82.5 Å². The molecule has 8 heteroatoms. The minimum Gasteiger partial charge on any atom is -0.492 e. The van der Waals surface area contributed by atoms with Gasteiger partial charge in [-0.1, -0.05) is 12.1 Å². The third-order valence-electron chi connectivity index (χ3n) is 3.99. The van der Waals surface area contributed by atoms with Gasteiger partial charge in [0, 0.05) is 12.8 Å². The minimum atomic E-state index is -3.75. The van der Waals surface area contributed by atoms with Crippen molar-refractivity contribution >= 4 is 15.7 Å². The maximum Gasteiger partial charge on any atom is 0.265 e. The molecule has 0 radical (unpaired) electrons. The van der Waals surface area contributed by atoms with Gasteiger partial charge in [-0.2, -0.15) is 5.10 Å². The summed E-state index contributed by atoms with van der Waals surface area (Å²) in [5, 5.41) is 4.23. The van der Waals surface area contributed by atoms with Crippen LogP contribution in [0.5, 0.6) is 5.75 Å². The van der Waals surface area contributed by atoms with Crippen LogP contribution in [-0.4, -0.2) is 37.5 Å². The first-order valence-electron chi connectivity index (χ1n) is 8.47. The molecule has 1 saturated heterocycles. The SMILES string of the molecule is CCOc1ccccc1S(=O)(=O)Nc1cnn(CC2CCCCO2)c1. The molecule has 0 amide bonds. The van der Waals surface area contributed by atoms with Gasteiger partial charge >= 0.3 is 0 Å². The van der Waals surface area contributed by atoms with Crippen molar-refractivity contribution in [3.63, 3.8) is 0 Å². The number of rotatable bonds is 7. The maximum atomic E-state index is 12.6. The van der Waals surface area contributed by atoms with Crippen molar-refractivity contribution in [2.75, 3.05) is 17.9 Å². The van der Waals surface area contributed by atoms with Gasteiger partial charge in [0.1, 0.15) is 10.6 Å². The highest BCUT2D eigenvalue weighted by atomic mass is 32.2. The number of aromatic nitrogens is 2. The van der Waals surface area contributed by atoms with E-state index < -0.39 is 10.0 Å². The highest BCUT2D eigenvalue weighted by molar-refractivity contribution is 7.92. The van der Waals surface area contributed by atoms with Gasteiger partial charge in [-0.3, -0.25) is 9.40 Å². The fourth-order valence-electron chi connectivity index (χ4n) is 2.83. The molecule has 0 saturated carbocycles. The Morgan fingerprint density at radius 3 is 2.96 bits per heavy atom. The lowest BCUT2D eigenvalue weighted by atomic mass is 10.1. The van der Waals surface area contributed by atoms with Crippen molar-refractivity contribution in [1.82, 2.24) is 9.78 Å². The minimum absolute atomic E-state index is 0.111. The number of hydrogen-bond donors (Lipinski definition) is 1. The quantitative estimate of drug-likeness (QED) is 0.816. The van der Waals surface area contributed by atoms with Crippen LogP contribution < -0.4 is 9.46 Å². The van der Waals surface area contributed by atoms with Crippen LogP contribution in [-0.2, 0) is 21.3 Å². The number of benzene rings is 1. The average Bonchev–Trinajstić information content (AvgIpc) is 3.02. The Hall–Kier alpha value is -2.06. The molecule has 1 N–H and O–H groups in total. The van der Waals surface area contributed by atoms with Gasteiger partial charge in [-0.15, -0.1) is 0 Å². The zero-order valence-electron chi connectivity index (χ0n) is 14.2. The summed E-state index contributed by atoms with van der Waals surface area (Å²) in [4.78, 5) is 0.111. The van der Waals surface area contributed by atoms with Crippen LogP contribution in [0.4, 0.5) is 5.69 Å². The van der Waals surface area contributed by atoms with Crippen LogP contribution in [0.3, 0.4) is 0 Å². The van der Waals surface area contributed by atoms with Crippen molar-refractivity contribution in [3.8, 4) is 5.75 Å². The second kappa shape index (κ2) is 7.88. The zero-order chi connectivity index (χ0) is 17.7. The molecule has 136 valence electrons. The number of para-hydroxylation sites is 1. The molecule has 1 aliphatic rings. The monoisotopic (exact) mass is 365 g/mol. The summed E-state index contributed by atoms with van der Waals surface area (Å²) in [5.74, 6) is 0.334. The molecule has 2 aromatic rings. The normalized spacial score (nSPS) is 18.0. The molecule has 2 heterocycles. The van der Waals surface area contributed by atoms with E-state index in [1.807, 2.05) is 6.92 Å². The lowest BCUT2D eigenvalue weighted by molar-refractivity contribution is 0.00401. The van der Waals surface area contributed by atoms with Gasteiger partial charge in [0.25, 0.3) is 10.0 Å². The summed E-state index contributed by atoms with van der Waals surface area (Å²) < 4.78 is 40.7. The smallest absolute Gasteiger partial charge is 0.265 e. The molecular weight excluding hydrogens is 342 g/mol. The third kappa shape index (κ3) is 4.52. The number of ether oxygens (including phenoxy) is 2. The van der Waals surface area contributed by atoms with Crippen molar-refractivity contribution in [3.05, 3.63) is 36.7 Å². The molecule has 1 aromatic heterocycles.